The Balaban J connectivity index is 2.21. The van der Waals surface area contributed by atoms with E-state index < -0.39 is 43.4 Å². The normalized spacial score (nSPS) is 12.8. The van der Waals surface area contributed by atoms with Crippen molar-refractivity contribution in [2.45, 2.75) is 0 Å². The lowest BCUT2D eigenvalue weighted by Crippen LogP contribution is -2.03. The minimum absolute atomic E-state index is 0.0385. The highest BCUT2D eigenvalue weighted by Gasteiger charge is 2.38. The van der Waals surface area contributed by atoms with Crippen LogP contribution in [0.2, 0.25) is 0 Å². The van der Waals surface area contributed by atoms with Crippen molar-refractivity contribution in [1.29, 1.82) is 0 Å². The average Bonchev–Trinajstić information content (AvgIpc) is 3.07. The number of phenols is 1. The van der Waals surface area contributed by atoms with Gasteiger partial charge in [-0.1, -0.05) is 18.2 Å². The highest BCUT2D eigenvalue weighted by atomic mass is 16.6. The molecule has 164 valence electrons. The summed E-state index contributed by atoms with van der Waals surface area (Å²) in [6.45, 7) is 0. The molecular formula is C21H11N3O9. The maximum Gasteiger partial charge on any atom is 0.336 e. The maximum absolute atomic E-state index is 12.0. The van der Waals surface area contributed by atoms with Gasteiger partial charge < -0.3 is 10.2 Å². The lowest BCUT2D eigenvalue weighted by atomic mass is 9.96. The van der Waals surface area contributed by atoms with Gasteiger partial charge in [-0.25, -0.2) is 4.79 Å². The van der Waals surface area contributed by atoms with Crippen LogP contribution in [0.5, 0.6) is 5.75 Å². The van der Waals surface area contributed by atoms with Crippen molar-refractivity contribution in [1.82, 2.24) is 0 Å². The number of rotatable bonds is 5. The quantitative estimate of drug-likeness (QED) is 0.329. The van der Waals surface area contributed by atoms with Gasteiger partial charge in [0.1, 0.15) is 5.75 Å². The number of aromatic carboxylic acids is 1. The first-order valence-corrected chi connectivity index (χ1v) is 9.13. The number of hydrogen-bond acceptors (Lipinski definition) is 8. The van der Waals surface area contributed by atoms with Crippen molar-refractivity contribution < 1.29 is 29.8 Å². The fourth-order valence-electron chi connectivity index (χ4n) is 3.78. The van der Waals surface area contributed by atoms with E-state index in [4.69, 9.17) is 0 Å². The topological polar surface area (TPSA) is 187 Å². The minimum Gasteiger partial charge on any atom is -0.507 e. The first kappa shape index (κ1) is 21.1. The molecule has 0 unspecified atom stereocenters. The van der Waals surface area contributed by atoms with Crippen LogP contribution in [-0.2, 0) is 0 Å². The summed E-state index contributed by atoms with van der Waals surface area (Å²) in [4.78, 5) is 44.1. The van der Waals surface area contributed by atoms with E-state index >= 15 is 0 Å². The first-order valence-electron chi connectivity index (χ1n) is 9.13. The van der Waals surface area contributed by atoms with E-state index in [0.29, 0.717) is 6.07 Å². The Morgan fingerprint density at radius 2 is 1.39 bits per heavy atom. The number of carbonyl (C=O) groups is 1. The maximum atomic E-state index is 12.0. The molecule has 0 aliphatic heterocycles. The van der Waals surface area contributed by atoms with E-state index in [1.807, 2.05) is 0 Å². The number of para-hydroxylation sites is 1. The lowest BCUT2D eigenvalue weighted by Gasteiger charge is -2.07. The number of nitro benzene ring substituents is 3. The number of aromatic hydroxyl groups is 1. The molecule has 3 aromatic carbocycles. The van der Waals surface area contributed by atoms with Crippen LogP contribution in [0.3, 0.4) is 0 Å². The summed E-state index contributed by atoms with van der Waals surface area (Å²) in [7, 11) is 0. The van der Waals surface area contributed by atoms with Crippen LogP contribution in [0.1, 0.15) is 27.0 Å². The molecule has 3 aromatic rings. The second-order valence-electron chi connectivity index (χ2n) is 7.00. The monoisotopic (exact) mass is 449 g/mol. The third-order valence-electron chi connectivity index (χ3n) is 5.14. The fraction of sp³-hybridized carbons (Fsp3) is 0. The van der Waals surface area contributed by atoms with Gasteiger partial charge in [0.25, 0.3) is 17.1 Å². The van der Waals surface area contributed by atoms with E-state index in [2.05, 4.69) is 0 Å². The van der Waals surface area contributed by atoms with Gasteiger partial charge in [0.15, 0.2) is 0 Å². The van der Waals surface area contributed by atoms with Gasteiger partial charge in [-0.2, -0.15) is 0 Å². The SMILES string of the molecule is O=C(O)c1cc([N+](=O)[O-])cc2c1-c1c(cc([N+](=O)[O-])cc1[N+](=O)[O-])/C2=C/c1ccccc1O. The van der Waals surface area contributed by atoms with E-state index in [1.165, 1.54) is 24.3 Å². The summed E-state index contributed by atoms with van der Waals surface area (Å²) >= 11 is 0. The van der Waals surface area contributed by atoms with Crippen LogP contribution in [0.15, 0.2) is 48.5 Å². The molecule has 33 heavy (non-hydrogen) atoms. The molecule has 0 bridgehead atoms. The summed E-state index contributed by atoms with van der Waals surface area (Å²) in [6, 6.07) is 9.52. The van der Waals surface area contributed by atoms with Crippen molar-refractivity contribution in [2.24, 2.45) is 0 Å². The third kappa shape index (κ3) is 3.40. The van der Waals surface area contributed by atoms with Crippen LogP contribution >= 0.6 is 0 Å². The van der Waals surface area contributed by atoms with Gasteiger partial charge in [-0.3, -0.25) is 30.3 Å². The highest BCUT2D eigenvalue weighted by Crippen LogP contribution is 2.53. The Hall–Kier alpha value is -5.13. The zero-order valence-electron chi connectivity index (χ0n) is 16.3. The Kier molecular flexibility index (Phi) is 4.82. The van der Waals surface area contributed by atoms with Gasteiger partial charge in [0.05, 0.1) is 32.0 Å². The third-order valence-corrected chi connectivity index (χ3v) is 5.14. The van der Waals surface area contributed by atoms with Gasteiger partial charge in [-0.15, -0.1) is 0 Å². The summed E-state index contributed by atoms with van der Waals surface area (Å²) in [5.41, 5.74) is -2.72. The van der Waals surface area contributed by atoms with Gasteiger partial charge >= 0.3 is 5.97 Å². The predicted molar refractivity (Wildman–Crippen MR) is 114 cm³/mol. The van der Waals surface area contributed by atoms with Gasteiger partial charge in [0.2, 0.25) is 0 Å². The molecule has 2 N–H and O–H groups in total. The molecule has 0 saturated carbocycles. The number of hydrogen-bond donors (Lipinski definition) is 2. The summed E-state index contributed by atoms with van der Waals surface area (Å²) in [6.07, 6.45) is 1.34. The molecule has 0 spiro atoms. The average molecular weight is 449 g/mol. The molecule has 1 aliphatic carbocycles. The number of nitro groups is 3. The molecule has 0 fully saturated rings. The fourth-order valence-corrected chi connectivity index (χ4v) is 3.78. The molecule has 12 heteroatoms. The smallest absolute Gasteiger partial charge is 0.336 e. The van der Waals surface area contributed by atoms with Crippen LogP contribution in [0.4, 0.5) is 17.1 Å². The molecule has 12 nitrogen and oxygen atoms in total. The van der Waals surface area contributed by atoms with E-state index in [0.717, 1.165) is 18.2 Å². The van der Waals surface area contributed by atoms with Crippen molar-refractivity contribution in [2.75, 3.05) is 0 Å². The summed E-state index contributed by atoms with van der Waals surface area (Å²) < 4.78 is 0. The van der Waals surface area contributed by atoms with E-state index in [1.54, 1.807) is 6.07 Å². The molecule has 0 heterocycles. The van der Waals surface area contributed by atoms with Crippen molar-refractivity contribution in [3.05, 3.63) is 101 Å². The Labute approximate surface area is 183 Å². The second-order valence-corrected chi connectivity index (χ2v) is 7.00. The molecule has 0 atom stereocenters. The first-order chi connectivity index (χ1) is 15.6. The van der Waals surface area contributed by atoms with Crippen LogP contribution in [0.25, 0.3) is 22.8 Å². The zero-order valence-corrected chi connectivity index (χ0v) is 16.3. The second kappa shape index (κ2) is 7.53. The molecule has 0 aromatic heterocycles. The molecule has 4 rings (SSSR count). The van der Waals surface area contributed by atoms with Crippen molar-refractivity contribution in [3.8, 4) is 16.9 Å². The van der Waals surface area contributed by atoms with Gasteiger partial charge in [0, 0.05) is 34.9 Å². The lowest BCUT2D eigenvalue weighted by molar-refractivity contribution is -0.393. The number of nitrogens with zero attached hydrogens (tertiary/aromatic N) is 3. The number of fused-ring (bicyclic) bond motifs is 3. The minimum atomic E-state index is -1.57. The Morgan fingerprint density at radius 3 is 1.94 bits per heavy atom. The predicted octanol–water partition coefficient (Wildman–Crippen LogP) is 4.38. The number of carboxylic acid groups (broad SMARTS) is 1. The van der Waals surface area contributed by atoms with Crippen molar-refractivity contribution >= 4 is 34.7 Å². The van der Waals surface area contributed by atoms with E-state index in [9.17, 15) is 45.4 Å². The number of benzene rings is 3. The Morgan fingerprint density at radius 1 is 0.818 bits per heavy atom. The number of phenolic OH excluding ortho intramolecular Hbond substituents is 1. The molecule has 0 amide bonds. The van der Waals surface area contributed by atoms with Crippen LogP contribution in [0, 0.1) is 30.3 Å². The van der Waals surface area contributed by atoms with Crippen molar-refractivity contribution in [3.63, 3.8) is 0 Å². The number of non-ortho nitro benzene ring substituents is 2. The molecule has 1 aliphatic rings. The van der Waals surface area contributed by atoms with Crippen LogP contribution in [-0.4, -0.2) is 31.0 Å². The molecular weight excluding hydrogens is 438 g/mol. The molecule has 0 saturated heterocycles. The van der Waals surface area contributed by atoms with Gasteiger partial charge in [-0.05, 0) is 23.3 Å². The summed E-state index contributed by atoms with van der Waals surface area (Å²) in [5.74, 6) is -1.76. The summed E-state index contributed by atoms with van der Waals surface area (Å²) in [5, 5.41) is 54.5. The largest absolute Gasteiger partial charge is 0.507 e. The number of carboxylic acids is 1. The standard InChI is InChI=1S/C21H11N3O9/c25-18-4-2-1-3-10(18)5-13-14-6-11(22(28)29)8-16(21(26)27)19(14)20-15(13)7-12(23(30)31)9-17(20)24(32)33/h1-9,25H,(H,26,27)/b13-5+. The molecule has 0 radical (unpaired) electrons. The van der Waals surface area contributed by atoms with E-state index in [-0.39, 0.29) is 39.1 Å². The zero-order chi connectivity index (χ0) is 24.0. The van der Waals surface area contributed by atoms with Crippen LogP contribution < -0.4 is 0 Å². The Bertz CT molecular complexity index is 1360. The highest BCUT2D eigenvalue weighted by molar-refractivity contribution is 6.15.